The molecule has 1 aliphatic heterocycles. The van der Waals surface area contributed by atoms with E-state index in [9.17, 15) is 0 Å². The van der Waals surface area contributed by atoms with E-state index in [0.717, 1.165) is 6.04 Å². The average Bonchev–Trinajstić information content (AvgIpc) is 2.66. The van der Waals surface area contributed by atoms with Crippen LogP contribution in [0.1, 0.15) is 20.8 Å². The Bertz CT molecular complexity index is 201. The van der Waals surface area contributed by atoms with Crippen molar-refractivity contribution in [3.8, 4) is 0 Å². The summed E-state index contributed by atoms with van der Waals surface area (Å²) in [5.74, 6) is 0. The summed E-state index contributed by atoms with van der Waals surface area (Å²) in [5.41, 5.74) is 2.94. The molecule has 1 aliphatic rings. The van der Waals surface area contributed by atoms with E-state index >= 15 is 0 Å². The molecule has 62 valence electrons. The highest BCUT2D eigenvalue weighted by molar-refractivity contribution is 5.29. The van der Waals surface area contributed by atoms with Crippen LogP contribution < -0.4 is 0 Å². The van der Waals surface area contributed by atoms with E-state index in [0.29, 0.717) is 0 Å². The summed E-state index contributed by atoms with van der Waals surface area (Å²) in [6.45, 7) is 7.71. The molecule has 0 bridgehead atoms. The van der Waals surface area contributed by atoms with Crippen molar-refractivity contribution in [2.75, 3.05) is 13.6 Å². The molecule has 1 heterocycles. The Hall–Kier alpha value is -0.560. The zero-order valence-electron chi connectivity index (χ0n) is 7.89. The van der Waals surface area contributed by atoms with Crippen LogP contribution in [0.15, 0.2) is 23.3 Å². The van der Waals surface area contributed by atoms with Crippen LogP contribution in [0, 0.1) is 0 Å². The molecule has 0 aliphatic carbocycles. The van der Waals surface area contributed by atoms with Gasteiger partial charge in [0.1, 0.15) is 0 Å². The minimum atomic E-state index is 0.728. The monoisotopic (exact) mass is 151 g/mol. The van der Waals surface area contributed by atoms with Gasteiger partial charge in [-0.2, -0.15) is 0 Å². The summed E-state index contributed by atoms with van der Waals surface area (Å²) in [5, 5.41) is 0. The maximum absolute atomic E-state index is 2.35. The van der Waals surface area contributed by atoms with Gasteiger partial charge in [-0.3, -0.25) is 4.90 Å². The lowest BCUT2D eigenvalue weighted by Crippen LogP contribution is -1.97. The third-order valence-corrected chi connectivity index (χ3v) is 2.40. The quantitative estimate of drug-likeness (QED) is 0.432. The summed E-state index contributed by atoms with van der Waals surface area (Å²) < 4.78 is 0. The topological polar surface area (TPSA) is 3.01 Å². The van der Waals surface area contributed by atoms with Gasteiger partial charge in [0.2, 0.25) is 0 Å². The molecule has 1 saturated heterocycles. The van der Waals surface area contributed by atoms with Gasteiger partial charge in [0.25, 0.3) is 0 Å². The van der Waals surface area contributed by atoms with Crippen molar-refractivity contribution in [1.82, 2.24) is 4.90 Å². The van der Waals surface area contributed by atoms with Gasteiger partial charge in [-0.25, -0.2) is 0 Å². The van der Waals surface area contributed by atoms with Crippen molar-refractivity contribution in [3.63, 3.8) is 0 Å². The van der Waals surface area contributed by atoms with Crippen LogP contribution in [0.5, 0.6) is 0 Å². The number of likely N-dealkylation sites (N-methyl/N-ethyl adjacent to an activating group) is 1. The highest BCUT2D eigenvalue weighted by Gasteiger charge is 2.31. The lowest BCUT2D eigenvalue weighted by molar-refractivity contribution is 0.646. The number of hydrogen-bond acceptors (Lipinski definition) is 1. The molecule has 0 saturated carbocycles. The highest BCUT2D eigenvalue weighted by Crippen LogP contribution is 2.24. The standard InChI is InChI=1S/C10H17N/c1-5-6-8(2)9(3)10-7-11(10)4/h5-6,10H,7H2,1-4H3/b6-5-,9-8+. The second kappa shape index (κ2) is 3.22. The number of rotatable bonds is 2. The predicted octanol–water partition coefficient (Wildman–Crippen LogP) is 2.21. The van der Waals surface area contributed by atoms with Crippen LogP contribution in [-0.4, -0.2) is 24.5 Å². The minimum Gasteiger partial charge on any atom is -0.297 e. The van der Waals surface area contributed by atoms with Crippen molar-refractivity contribution in [3.05, 3.63) is 23.3 Å². The van der Waals surface area contributed by atoms with Gasteiger partial charge < -0.3 is 0 Å². The maximum Gasteiger partial charge on any atom is 0.0435 e. The largest absolute Gasteiger partial charge is 0.297 e. The van der Waals surface area contributed by atoms with Crippen LogP contribution in [0.25, 0.3) is 0 Å². The van der Waals surface area contributed by atoms with E-state index in [2.05, 4.69) is 44.9 Å². The van der Waals surface area contributed by atoms with Gasteiger partial charge in [0.05, 0.1) is 0 Å². The Balaban J connectivity index is 2.63. The Kier molecular flexibility index (Phi) is 2.50. The molecule has 0 amide bonds. The van der Waals surface area contributed by atoms with E-state index < -0.39 is 0 Å². The first-order valence-corrected chi connectivity index (χ1v) is 4.17. The molecule has 11 heavy (non-hydrogen) atoms. The van der Waals surface area contributed by atoms with Crippen molar-refractivity contribution in [2.45, 2.75) is 26.8 Å². The SMILES string of the molecule is C/C=C\C(C)=C(/C)C1CN1C. The van der Waals surface area contributed by atoms with E-state index in [4.69, 9.17) is 0 Å². The van der Waals surface area contributed by atoms with Crippen LogP contribution >= 0.6 is 0 Å². The number of allylic oxidation sites excluding steroid dienone is 3. The first-order chi connectivity index (χ1) is 5.16. The molecule has 0 aromatic heterocycles. The van der Waals surface area contributed by atoms with Gasteiger partial charge in [-0.15, -0.1) is 0 Å². The third-order valence-electron chi connectivity index (χ3n) is 2.40. The fraction of sp³-hybridized carbons (Fsp3) is 0.600. The molecule has 1 rings (SSSR count). The van der Waals surface area contributed by atoms with Crippen molar-refractivity contribution in [1.29, 1.82) is 0 Å². The van der Waals surface area contributed by atoms with Gasteiger partial charge in [0.15, 0.2) is 0 Å². The second-order valence-electron chi connectivity index (χ2n) is 3.32. The molecule has 0 radical (unpaired) electrons. The van der Waals surface area contributed by atoms with Gasteiger partial charge >= 0.3 is 0 Å². The van der Waals surface area contributed by atoms with E-state index in [1.165, 1.54) is 17.7 Å². The summed E-state index contributed by atoms with van der Waals surface area (Å²) in [4.78, 5) is 2.35. The van der Waals surface area contributed by atoms with Crippen molar-refractivity contribution < 1.29 is 0 Å². The minimum absolute atomic E-state index is 0.728. The lowest BCUT2D eigenvalue weighted by atomic mass is 10.1. The summed E-state index contributed by atoms with van der Waals surface area (Å²) in [7, 11) is 2.16. The summed E-state index contributed by atoms with van der Waals surface area (Å²) in [6, 6.07) is 0.728. The average molecular weight is 151 g/mol. The molecule has 1 heteroatoms. The fourth-order valence-electron chi connectivity index (χ4n) is 1.34. The number of nitrogens with zero attached hydrogens (tertiary/aromatic N) is 1. The Morgan fingerprint density at radius 1 is 1.45 bits per heavy atom. The predicted molar refractivity (Wildman–Crippen MR) is 49.6 cm³/mol. The van der Waals surface area contributed by atoms with E-state index in [1.807, 2.05) is 0 Å². The molecule has 0 aromatic carbocycles. The lowest BCUT2D eigenvalue weighted by Gasteiger charge is -2.01. The second-order valence-corrected chi connectivity index (χ2v) is 3.32. The molecule has 2 unspecified atom stereocenters. The van der Waals surface area contributed by atoms with Crippen LogP contribution in [-0.2, 0) is 0 Å². The van der Waals surface area contributed by atoms with Gasteiger partial charge in [0, 0.05) is 12.6 Å². The smallest absolute Gasteiger partial charge is 0.0435 e. The Morgan fingerprint density at radius 3 is 2.36 bits per heavy atom. The summed E-state index contributed by atoms with van der Waals surface area (Å²) >= 11 is 0. The van der Waals surface area contributed by atoms with Crippen molar-refractivity contribution in [2.24, 2.45) is 0 Å². The molecular formula is C10H17N. The first-order valence-electron chi connectivity index (χ1n) is 4.17. The molecular weight excluding hydrogens is 134 g/mol. The van der Waals surface area contributed by atoms with E-state index in [-0.39, 0.29) is 0 Å². The van der Waals surface area contributed by atoms with Gasteiger partial charge in [-0.1, -0.05) is 23.3 Å². The zero-order valence-corrected chi connectivity index (χ0v) is 7.89. The maximum atomic E-state index is 2.35. The Labute approximate surface area is 69.4 Å². The van der Waals surface area contributed by atoms with Crippen molar-refractivity contribution >= 4 is 0 Å². The summed E-state index contributed by atoms with van der Waals surface area (Å²) in [6.07, 6.45) is 4.28. The number of hydrogen-bond donors (Lipinski definition) is 0. The Morgan fingerprint density at radius 2 is 2.00 bits per heavy atom. The third kappa shape index (κ3) is 1.93. The molecule has 0 N–H and O–H groups in total. The molecule has 1 nitrogen and oxygen atoms in total. The highest BCUT2D eigenvalue weighted by atomic mass is 15.3. The molecule has 2 atom stereocenters. The van der Waals surface area contributed by atoms with Gasteiger partial charge in [-0.05, 0) is 27.8 Å². The van der Waals surface area contributed by atoms with E-state index in [1.54, 1.807) is 0 Å². The first kappa shape index (κ1) is 8.54. The van der Waals surface area contributed by atoms with Crippen LogP contribution in [0.2, 0.25) is 0 Å². The zero-order chi connectivity index (χ0) is 8.43. The fourth-order valence-corrected chi connectivity index (χ4v) is 1.34. The van der Waals surface area contributed by atoms with Crippen LogP contribution in [0.3, 0.4) is 0 Å². The molecule has 1 fully saturated rings. The molecule has 0 aromatic rings. The molecule has 0 spiro atoms. The normalized spacial score (nSPS) is 32.4. The van der Waals surface area contributed by atoms with Crippen LogP contribution in [0.4, 0.5) is 0 Å².